The van der Waals surface area contributed by atoms with Crippen molar-refractivity contribution < 1.29 is 4.39 Å². The lowest BCUT2D eigenvalue weighted by Gasteiger charge is -2.20. The van der Waals surface area contributed by atoms with E-state index in [1.165, 1.54) is 19.3 Å². The van der Waals surface area contributed by atoms with Crippen LogP contribution in [-0.2, 0) is 6.42 Å². The quantitative estimate of drug-likeness (QED) is 0.860. The molecule has 0 aromatic heterocycles. The van der Waals surface area contributed by atoms with Crippen LogP contribution in [0.2, 0.25) is 0 Å². The molecule has 0 amide bonds. The number of nitrogens with one attached hydrogen (secondary N) is 1. The molecule has 2 unspecified atom stereocenters. The molecule has 2 atom stereocenters. The van der Waals surface area contributed by atoms with Gasteiger partial charge in [-0.05, 0) is 68.0 Å². The Hall–Kier alpha value is -0.410. The maximum absolute atomic E-state index is 13.8. The van der Waals surface area contributed by atoms with E-state index in [9.17, 15) is 4.39 Å². The fraction of sp³-hybridized carbons (Fsp3) is 0.600. The number of hydrogen-bond acceptors (Lipinski definition) is 1. The molecule has 1 N–H and O–H groups in total. The van der Waals surface area contributed by atoms with E-state index in [-0.39, 0.29) is 5.82 Å². The maximum atomic E-state index is 13.8. The molecule has 0 saturated heterocycles. The second-order valence-corrected chi connectivity index (χ2v) is 6.11. The Balaban J connectivity index is 2.01. The number of benzene rings is 1. The average molecular weight is 314 g/mol. The molecule has 0 bridgehead atoms. The van der Waals surface area contributed by atoms with Gasteiger partial charge in [-0.15, -0.1) is 0 Å². The van der Waals surface area contributed by atoms with Crippen LogP contribution in [0.15, 0.2) is 22.7 Å². The Bertz CT molecular complexity index is 394. The highest BCUT2D eigenvalue weighted by Gasteiger charge is 2.27. The van der Waals surface area contributed by atoms with Crippen LogP contribution in [0.1, 0.15) is 31.7 Å². The van der Waals surface area contributed by atoms with Gasteiger partial charge in [0, 0.05) is 4.47 Å². The molecule has 1 aliphatic carbocycles. The summed E-state index contributed by atoms with van der Waals surface area (Å²) in [5, 5.41) is 3.43. The zero-order valence-electron chi connectivity index (χ0n) is 10.9. The van der Waals surface area contributed by atoms with Gasteiger partial charge in [0.15, 0.2) is 0 Å². The summed E-state index contributed by atoms with van der Waals surface area (Å²) in [4.78, 5) is 0. The Kier molecular flexibility index (Phi) is 5.19. The van der Waals surface area contributed by atoms with Crippen molar-refractivity contribution in [3.05, 3.63) is 34.1 Å². The lowest BCUT2D eigenvalue weighted by Crippen LogP contribution is -2.26. The molecular weight excluding hydrogens is 293 g/mol. The van der Waals surface area contributed by atoms with Gasteiger partial charge < -0.3 is 5.32 Å². The normalized spacial score (nSPS) is 23.5. The molecule has 100 valence electrons. The molecule has 1 nitrogen and oxygen atoms in total. The van der Waals surface area contributed by atoms with Gasteiger partial charge in [0.05, 0.1) is 0 Å². The van der Waals surface area contributed by atoms with E-state index in [0.29, 0.717) is 11.8 Å². The van der Waals surface area contributed by atoms with Crippen LogP contribution in [0.4, 0.5) is 4.39 Å². The fourth-order valence-corrected chi connectivity index (χ4v) is 3.37. The molecule has 0 heterocycles. The van der Waals surface area contributed by atoms with Crippen LogP contribution in [0.3, 0.4) is 0 Å². The fourth-order valence-electron chi connectivity index (χ4n) is 2.96. The Labute approximate surface area is 117 Å². The molecule has 1 saturated carbocycles. The average Bonchev–Trinajstić information content (AvgIpc) is 2.79. The Morgan fingerprint density at radius 1 is 1.33 bits per heavy atom. The van der Waals surface area contributed by atoms with Crippen molar-refractivity contribution in [2.24, 2.45) is 11.8 Å². The summed E-state index contributed by atoms with van der Waals surface area (Å²) < 4.78 is 14.7. The summed E-state index contributed by atoms with van der Waals surface area (Å²) in [7, 11) is 0. The SMILES string of the molecule is CCNCC1CCCC1Cc1cc(Br)ccc1F. The summed E-state index contributed by atoms with van der Waals surface area (Å²) >= 11 is 3.42. The molecular formula is C15H21BrFN. The molecule has 1 aliphatic rings. The van der Waals surface area contributed by atoms with Gasteiger partial charge in [-0.3, -0.25) is 0 Å². The maximum Gasteiger partial charge on any atom is 0.126 e. The zero-order chi connectivity index (χ0) is 13.0. The molecule has 2 rings (SSSR count). The van der Waals surface area contributed by atoms with Crippen LogP contribution in [0.5, 0.6) is 0 Å². The highest BCUT2D eigenvalue weighted by atomic mass is 79.9. The van der Waals surface area contributed by atoms with E-state index >= 15 is 0 Å². The predicted octanol–water partition coefficient (Wildman–Crippen LogP) is 4.16. The lowest BCUT2D eigenvalue weighted by molar-refractivity contribution is 0.364. The number of rotatable bonds is 5. The van der Waals surface area contributed by atoms with Crippen LogP contribution in [-0.4, -0.2) is 13.1 Å². The van der Waals surface area contributed by atoms with Gasteiger partial charge in [-0.2, -0.15) is 0 Å². The zero-order valence-corrected chi connectivity index (χ0v) is 12.5. The van der Waals surface area contributed by atoms with E-state index in [1.807, 2.05) is 6.07 Å². The van der Waals surface area contributed by atoms with Crippen molar-refractivity contribution in [3.8, 4) is 0 Å². The minimum Gasteiger partial charge on any atom is -0.317 e. The van der Waals surface area contributed by atoms with Gasteiger partial charge in [0.1, 0.15) is 5.82 Å². The molecule has 0 radical (unpaired) electrons. The topological polar surface area (TPSA) is 12.0 Å². The largest absolute Gasteiger partial charge is 0.317 e. The van der Waals surface area contributed by atoms with Crippen LogP contribution < -0.4 is 5.32 Å². The van der Waals surface area contributed by atoms with Gasteiger partial charge in [-0.1, -0.05) is 29.3 Å². The van der Waals surface area contributed by atoms with Crippen LogP contribution in [0.25, 0.3) is 0 Å². The van der Waals surface area contributed by atoms with Gasteiger partial charge in [0.2, 0.25) is 0 Å². The van der Waals surface area contributed by atoms with E-state index in [2.05, 4.69) is 28.2 Å². The monoisotopic (exact) mass is 313 g/mol. The highest BCUT2D eigenvalue weighted by Crippen LogP contribution is 2.34. The smallest absolute Gasteiger partial charge is 0.126 e. The molecule has 18 heavy (non-hydrogen) atoms. The summed E-state index contributed by atoms with van der Waals surface area (Å²) in [6.07, 6.45) is 4.69. The predicted molar refractivity (Wildman–Crippen MR) is 77.2 cm³/mol. The molecule has 1 aromatic carbocycles. The third-order valence-electron chi connectivity index (χ3n) is 3.96. The number of halogens is 2. The van der Waals surface area contributed by atoms with Crippen LogP contribution >= 0.6 is 15.9 Å². The molecule has 0 spiro atoms. The van der Waals surface area contributed by atoms with Gasteiger partial charge in [0.25, 0.3) is 0 Å². The number of hydrogen-bond donors (Lipinski definition) is 1. The molecule has 1 fully saturated rings. The molecule has 3 heteroatoms. The summed E-state index contributed by atoms with van der Waals surface area (Å²) in [5.41, 5.74) is 0.859. The van der Waals surface area contributed by atoms with Crippen molar-refractivity contribution in [3.63, 3.8) is 0 Å². The standard InChI is InChI=1S/C15H21BrFN/c1-2-18-10-12-5-3-4-11(12)8-13-9-14(16)6-7-15(13)17/h6-7,9,11-12,18H,2-5,8,10H2,1H3. The first kappa shape index (κ1) is 14.0. The van der Waals surface area contributed by atoms with Crippen molar-refractivity contribution in [1.29, 1.82) is 0 Å². The van der Waals surface area contributed by atoms with E-state index < -0.39 is 0 Å². The first-order valence-corrected chi connectivity index (χ1v) is 7.64. The summed E-state index contributed by atoms with van der Waals surface area (Å²) in [6.45, 7) is 4.24. The van der Waals surface area contributed by atoms with Crippen molar-refractivity contribution in [2.75, 3.05) is 13.1 Å². The summed E-state index contributed by atoms with van der Waals surface area (Å²) in [6, 6.07) is 5.26. The second kappa shape index (κ2) is 6.67. The van der Waals surface area contributed by atoms with E-state index in [0.717, 1.165) is 29.5 Å². The third-order valence-corrected chi connectivity index (χ3v) is 4.46. The minimum absolute atomic E-state index is 0.0627. The second-order valence-electron chi connectivity index (χ2n) is 5.20. The molecule has 1 aromatic rings. The first-order valence-electron chi connectivity index (χ1n) is 6.85. The van der Waals surface area contributed by atoms with E-state index in [1.54, 1.807) is 12.1 Å². The Morgan fingerprint density at radius 2 is 2.11 bits per heavy atom. The van der Waals surface area contributed by atoms with Crippen LogP contribution in [0, 0.1) is 17.7 Å². The van der Waals surface area contributed by atoms with Crippen molar-refractivity contribution in [1.82, 2.24) is 5.32 Å². The van der Waals surface area contributed by atoms with E-state index in [4.69, 9.17) is 0 Å². The summed E-state index contributed by atoms with van der Waals surface area (Å²) in [5.74, 6) is 1.28. The van der Waals surface area contributed by atoms with Crippen molar-refractivity contribution >= 4 is 15.9 Å². The van der Waals surface area contributed by atoms with Gasteiger partial charge in [-0.25, -0.2) is 4.39 Å². The molecule has 0 aliphatic heterocycles. The minimum atomic E-state index is -0.0627. The first-order chi connectivity index (χ1) is 8.70. The van der Waals surface area contributed by atoms with Crippen molar-refractivity contribution in [2.45, 2.75) is 32.6 Å². The Morgan fingerprint density at radius 3 is 2.89 bits per heavy atom. The highest BCUT2D eigenvalue weighted by molar-refractivity contribution is 9.10. The third kappa shape index (κ3) is 3.55. The van der Waals surface area contributed by atoms with Gasteiger partial charge >= 0.3 is 0 Å². The lowest BCUT2D eigenvalue weighted by atomic mass is 9.89.